The molecular weight excluding hydrogens is 263 g/mol. The van der Waals surface area contributed by atoms with Crippen molar-refractivity contribution in [1.29, 1.82) is 0 Å². The van der Waals surface area contributed by atoms with Gasteiger partial charge in [0.25, 0.3) is 0 Å². The lowest BCUT2D eigenvalue weighted by atomic mass is 10.7. The van der Waals surface area contributed by atoms with Crippen LogP contribution in [0, 0.1) is 0 Å². The SMILES string of the molecule is CP1(=O)N(S(C)(=O)=O)CCN1S(C)(=O)=O. The lowest BCUT2D eigenvalue weighted by Crippen LogP contribution is -2.27. The third kappa shape index (κ3) is 2.42. The molecule has 0 radical (unpaired) electrons. The van der Waals surface area contributed by atoms with Gasteiger partial charge in [0.2, 0.25) is 27.5 Å². The fraction of sp³-hybridized carbons (Fsp3) is 1.00. The average Bonchev–Trinajstić information content (AvgIpc) is 2.21. The van der Waals surface area contributed by atoms with Crippen LogP contribution in [0.25, 0.3) is 0 Å². The minimum absolute atomic E-state index is 0.0559. The first kappa shape index (κ1) is 13.1. The highest BCUT2D eigenvalue weighted by molar-refractivity contribution is 7.99. The van der Waals surface area contributed by atoms with Crippen LogP contribution >= 0.6 is 7.44 Å². The summed E-state index contributed by atoms with van der Waals surface area (Å²) in [6.45, 7) is 1.03. The van der Waals surface area contributed by atoms with Crippen LogP contribution in [0.2, 0.25) is 0 Å². The van der Waals surface area contributed by atoms with Gasteiger partial charge in [0.1, 0.15) is 0 Å². The van der Waals surface area contributed by atoms with Gasteiger partial charge >= 0.3 is 0 Å². The standard InChI is InChI=1S/C5H13N2O5PS2/c1-13(8)6(14(2,9)10)4-5-7(13)15(3,11)12/h4-5H2,1-3H3. The largest absolute Gasteiger partial charge is 0.287 e. The molecule has 0 amide bonds. The molecule has 0 saturated carbocycles. The predicted molar refractivity (Wildman–Crippen MR) is 56.6 cm³/mol. The fourth-order valence-corrected chi connectivity index (χ4v) is 8.58. The summed E-state index contributed by atoms with van der Waals surface area (Å²) in [5.41, 5.74) is 0. The minimum Gasteiger partial charge on any atom is -0.287 e. The molecule has 1 fully saturated rings. The second-order valence-electron chi connectivity index (χ2n) is 3.45. The van der Waals surface area contributed by atoms with Crippen molar-refractivity contribution in [3.63, 3.8) is 0 Å². The zero-order chi connectivity index (χ0) is 12.1. The van der Waals surface area contributed by atoms with Crippen LogP contribution in [-0.2, 0) is 24.6 Å². The molecule has 0 spiro atoms. The lowest BCUT2D eigenvalue weighted by Gasteiger charge is -2.23. The Kier molecular flexibility index (Phi) is 3.08. The highest BCUT2D eigenvalue weighted by Gasteiger charge is 2.48. The number of sulfonamides is 2. The Labute approximate surface area is 89.6 Å². The van der Waals surface area contributed by atoms with Gasteiger partial charge in [-0.15, -0.1) is 8.15 Å². The molecule has 0 aromatic carbocycles. The maximum absolute atomic E-state index is 12.1. The van der Waals surface area contributed by atoms with Crippen molar-refractivity contribution in [1.82, 2.24) is 8.15 Å². The van der Waals surface area contributed by atoms with Crippen molar-refractivity contribution in [3.8, 4) is 0 Å². The van der Waals surface area contributed by atoms with E-state index < -0.39 is 27.5 Å². The Morgan fingerprint density at radius 2 is 1.20 bits per heavy atom. The van der Waals surface area contributed by atoms with Crippen LogP contribution < -0.4 is 0 Å². The van der Waals surface area contributed by atoms with E-state index in [1.54, 1.807) is 0 Å². The molecular formula is C5H13N2O5PS2. The zero-order valence-corrected chi connectivity index (χ0v) is 11.1. The summed E-state index contributed by atoms with van der Waals surface area (Å²) in [5, 5.41) is 0. The maximum Gasteiger partial charge on any atom is 0.239 e. The quantitative estimate of drug-likeness (QED) is 0.625. The van der Waals surface area contributed by atoms with Gasteiger partial charge in [0.15, 0.2) is 0 Å². The molecule has 0 atom stereocenters. The van der Waals surface area contributed by atoms with Gasteiger partial charge in [-0.05, 0) is 0 Å². The molecule has 1 heterocycles. The third-order valence-electron chi connectivity index (χ3n) is 2.08. The molecule has 1 aliphatic rings. The van der Waals surface area contributed by atoms with E-state index in [2.05, 4.69) is 0 Å². The van der Waals surface area contributed by atoms with Gasteiger partial charge in [-0.25, -0.2) is 16.8 Å². The minimum atomic E-state index is -3.64. The number of rotatable bonds is 2. The molecule has 0 unspecified atom stereocenters. The van der Waals surface area contributed by atoms with Crippen LogP contribution in [-0.4, -0.2) is 57.3 Å². The Morgan fingerprint density at radius 1 is 0.933 bits per heavy atom. The first-order valence-electron chi connectivity index (χ1n) is 4.01. The normalized spacial score (nSPS) is 24.5. The third-order valence-corrected chi connectivity index (χ3v) is 9.63. The van der Waals surface area contributed by atoms with E-state index in [0.717, 1.165) is 27.3 Å². The number of hydrogen-bond acceptors (Lipinski definition) is 5. The summed E-state index contributed by atoms with van der Waals surface area (Å²) in [6.07, 6.45) is 1.82. The second-order valence-corrected chi connectivity index (χ2v) is 10.4. The van der Waals surface area contributed by atoms with Gasteiger partial charge in [-0.2, -0.15) is 0 Å². The van der Waals surface area contributed by atoms with Crippen LogP contribution in [0.5, 0.6) is 0 Å². The van der Waals surface area contributed by atoms with Gasteiger partial charge in [0.05, 0.1) is 12.5 Å². The molecule has 0 aliphatic carbocycles. The Balaban J connectivity index is 3.24. The van der Waals surface area contributed by atoms with E-state index in [1.165, 1.54) is 0 Å². The molecule has 10 heteroatoms. The zero-order valence-electron chi connectivity index (χ0n) is 8.61. The summed E-state index contributed by atoms with van der Waals surface area (Å²) >= 11 is 0. The van der Waals surface area contributed by atoms with Crippen molar-refractivity contribution in [2.75, 3.05) is 32.3 Å². The summed E-state index contributed by atoms with van der Waals surface area (Å²) in [7, 11) is -10.8. The lowest BCUT2D eigenvalue weighted by molar-refractivity contribution is 0.515. The Hall–Kier alpha value is 0.0500. The van der Waals surface area contributed by atoms with E-state index in [0.29, 0.717) is 0 Å². The van der Waals surface area contributed by atoms with Crippen LogP contribution in [0.15, 0.2) is 0 Å². The summed E-state index contributed by atoms with van der Waals surface area (Å²) in [5.74, 6) is 0. The summed E-state index contributed by atoms with van der Waals surface area (Å²) in [6, 6.07) is 0. The Bertz CT molecular complexity index is 466. The van der Waals surface area contributed by atoms with E-state index in [9.17, 15) is 21.4 Å². The van der Waals surface area contributed by atoms with Gasteiger partial charge < -0.3 is 0 Å². The number of nitrogens with zero attached hydrogens (tertiary/aromatic N) is 2. The predicted octanol–water partition coefficient (Wildman–Crippen LogP) is -0.654. The molecule has 0 bridgehead atoms. The van der Waals surface area contributed by atoms with Crippen molar-refractivity contribution in [2.45, 2.75) is 0 Å². The summed E-state index contributed by atoms with van der Waals surface area (Å²) < 4.78 is 58.6. The van der Waals surface area contributed by atoms with Crippen LogP contribution in [0.3, 0.4) is 0 Å². The molecule has 1 rings (SSSR count). The second kappa shape index (κ2) is 3.53. The van der Waals surface area contributed by atoms with Gasteiger partial charge in [-0.1, -0.05) is 0 Å². The van der Waals surface area contributed by atoms with E-state index in [-0.39, 0.29) is 13.1 Å². The van der Waals surface area contributed by atoms with E-state index >= 15 is 0 Å². The molecule has 0 aromatic heterocycles. The smallest absolute Gasteiger partial charge is 0.239 e. The molecule has 0 N–H and O–H groups in total. The van der Waals surface area contributed by atoms with Crippen LogP contribution in [0.1, 0.15) is 0 Å². The van der Waals surface area contributed by atoms with E-state index in [1.807, 2.05) is 0 Å². The average molecular weight is 276 g/mol. The molecule has 1 saturated heterocycles. The maximum atomic E-state index is 12.1. The van der Waals surface area contributed by atoms with Crippen molar-refractivity contribution in [3.05, 3.63) is 0 Å². The van der Waals surface area contributed by atoms with Crippen molar-refractivity contribution in [2.24, 2.45) is 0 Å². The topological polar surface area (TPSA) is 91.8 Å². The monoisotopic (exact) mass is 276 g/mol. The molecule has 90 valence electrons. The molecule has 0 aromatic rings. The first-order valence-corrected chi connectivity index (χ1v) is 9.77. The molecule has 7 nitrogen and oxygen atoms in total. The van der Waals surface area contributed by atoms with Gasteiger partial charge in [-0.3, -0.25) is 4.57 Å². The van der Waals surface area contributed by atoms with Gasteiger partial charge in [0, 0.05) is 19.8 Å². The molecule has 15 heavy (non-hydrogen) atoms. The van der Waals surface area contributed by atoms with Crippen molar-refractivity contribution < 1.29 is 21.4 Å². The van der Waals surface area contributed by atoms with Crippen LogP contribution in [0.4, 0.5) is 0 Å². The first-order chi connectivity index (χ1) is 6.47. The number of hydrogen-bond donors (Lipinski definition) is 0. The summed E-state index contributed by atoms with van der Waals surface area (Å²) in [4.78, 5) is 0. The highest BCUT2D eigenvalue weighted by Crippen LogP contribution is 2.56. The van der Waals surface area contributed by atoms with Crippen molar-refractivity contribution >= 4 is 27.5 Å². The fourth-order valence-electron chi connectivity index (χ4n) is 1.54. The molecule has 1 aliphatic heterocycles. The van der Waals surface area contributed by atoms with E-state index in [4.69, 9.17) is 0 Å². The Morgan fingerprint density at radius 3 is 1.33 bits per heavy atom. The highest BCUT2D eigenvalue weighted by atomic mass is 32.2.